The number of aryl methyl sites for hydroxylation is 1. The third-order valence-corrected chi connectivity index (χ3v) is 4.24. The number of esters is 1. The molecule has 1 aliphatic carbocycles. The number of amides is 1. The van der Waals surface area contributed by atoms with Crippen molar-refractivity contribution in [3.63, 3.8) is 0 Å². The van der Waals surface area contributed by atoms with Crippen LogP contribution in [0.1, 0.15) is 37.5 Å². The fraction of sp³-hybridized carbons (Fsp3) is 0.600. The van der Waals surface area contributed by atoms with Crippen LogP contribution in [0.5, 0.6) is 0 Å². The third-order valence-electron chi connectivity index (χ3n) is 3.31. The van der Waals surface area contributed by atoms with Gasteiger partial charge in [-0.1, -0.05) is 6.07 Å². The van der Waals surface area contributed by atoms with Gasteiger partial charge in [0.05, 0.1) is 6.61 Å². The fourth-order valence-electron chi connectivity index (χ4n) is 2.17. The minimum Gasteiger partial charge on any atom is -0.465 e. The Morgan fingerprint density at radius 1 is 1.45 bits per heavy atom. The number of ether oxygens (including phenoxy) is 1. The molecule has 1 aromatic heterocycles. The normalized spacial score (nSPS) is 14.1. The monoisotopic (exact) mass is 295 g/mol. The summed E-state index contributed by atoms with van der Waals surface area (Å²) in [6.45, 7) is 2.25. The molecule has 0 bridgehead atoms. The predicted octanol–water partition coefficient (Wildman–Crippen LogP) is 2.62. The molecule has 5 heteroatoms. The average molecular weight is 295 g/mol. The molecule has 0 N–H and O–H groups in total. The van der Waals surface area contributed by atoms with Crippen LogP contribution in [0.2, 0.25) is 0 Å². The van der Waals surface area contributed by atoms with Crippen molar-refractivity contribution in [2.45, 2.75) is 45.1 Å². The van der Waals surface area contributed by atoms with Gasteiger partial charge in [-0.2, -0.15) is 0 Å². The Kier molecular flexibility index (Phi) is 5.59. The molecule has 1 heterocycles. The summed E-state index contributed by atoms with van der Waals surface area (Å²) < 4.78 is 4.93. The van der Waals surface area contributed by atoms with Crippen LogP contribution in [-0.2, 0) is 20.7 Å². The second-order valence-electron chi connectivity index (χ2n) is 4.99. The van der Waals surface area contributed by atoms with E-state index < -0.39 is 0 Å². The van der Waals surface area contributed by atoms with E-state index in [2.05, 4.69) is 11.4 Å². The number of rotatable bonds is 8. The smallest absolute Gasteiger partial charge is 0.325 e. The van der Waals surface area contributed by atoms with Crippen molar-refractivity contribution < 1.29 is 14.3 Å². The number of carbonyl (C=O) groups is 2. The topological polar surface area (TPSA) is 46.6 Å². The summed E-state index contributed by atoms with van der Waals surface area (Å²) in [7, 11) is 0. The summed E-state index contributed by atoms with van der Waals surface area (Å²) in [4.78, 5) is 26.8. The van der Waals surface area contributed by atoms with Crippen LogP contribution in [0.15, 0.2) is 17.5 Å². The highest BCUT2D eigenvalue weighted by Crippen LogP contribution is 2.27. The average Bonchev–Trinajstić information content (AvgIpc) is 3.13. The van der Waals surface area contributed by atoms with E-state index in [1.807, 2.05) is 6.07 Å². The van der Waals surface area contributed by atoms with Gasteiger partial charge in [-0.25, -0.2) is 0 Å². The van der Waals surface area contributed by atoms with Gasteiger partial charge >= 0.3 is 5.97 Å². The van der Waals surface area contributed by atoms with Gasteiger partial charge in [0.15, 0.2) is 0 Å². The molecule has 0 spiro atoms. The molecule has 0 radical (unpaired) electrons. The lowest BCUT2D eigenvalue weighted by Gasteiger charge is -2.21. The van der Waals surface area contributed by atoms with Crippen molar-refractivity contribution >= 4 is 23.2 Å². The van der Waals surface area contributed by atoms with Gasteiger partial charge in [-0.05, 0) is 44.1 Å². The number of thiophene rings is 1. The molecule has 1 fully saturated rings. The van der Waals surface area contributed by atoms with Gasteiger partial charge in [0, 0.05) is 17.3 Å². The molecular weight excluding hydrogens is 274 g/mol. The van der Waals surface area contributed by atoms with Gasteiger partial charge in [-0.3, -0.25) is 9.59 Å². The lowest BCUT2D eigenvalue weighted by Crippen LogP contribution is -2.38. The maximum absolute atomic E-state index is 12.2. The number of hydrogen-bond donors (Lipinski definition) is 0. The SMILES string of the molecule is CCOC(=O)CN(C(=O)CCCc1cccs1)C1CC1. The highest BCUT2D eigenvalue weighted by atomic mass is 32.1. The van der Waals surface area contributed by atoms with Crippen molar-refractivity contribution in [1.29, 1.82) is 0 Å². The van der Waals surface area contributed by atoms with Crippen molar-refractivity contribution in [2.24, 2.45) is 0 Å². The van der Waals surface area contributed by atoms with E-state index in [1.165, 1.54) is 4.88 Å². The van der Waals surface area contributed by atoms with E-state index in [0.29, 0.717) is 13.0 Å². The summed E-state index contributed by atoms with van der Waals surface area (Å²) >= 11 is 1.72. The van der Waals surface area contributed by atoms with Crippen LogP contribution >= 0.6 is 11.3 Å². The second kappa shape index (κ2) is 7.43. The Morgan fingerprint density at radius 3 is 2.85 bits per heavy atom. The molecule has 1 aromatic rings. The molecule has 2 rings (SSSR count). The number of carbonyl (C=O) groups excluding carboxylic acids is 2. The zero-order valence-corrected chi connectivity index (χ0v) is 12.7. The largest absolute Gasteiger partial charge is 0.465 e. The van der Waals surface area contributed by atoms with Crippen LogP contribution in [0.3, 0.4) is 0 Å². The van der Waals surface area contributed by atoms with Crippen LogP contribution < -0.4 is 0 Å². The summed E-state index contributed by atoms with van der Waals surface area (Å²) in [5, 5.41) is 2.05. The van der Waals surface area contributed by atoms with Gasteiger partial charge < -0.3 is 9.64 Å². The van der Waals surface area contributed by atoms with Gasteiger partial charge in [-0.15, -0.1) is 11.3 Å². The Balaban J connectivity index is 1.76. The van der Waals surface area contributed by atoms with Crippen LogP contribution in [0.25, 0.3) is 0 Å². The fourth-order valence-corrected chi connectivity index (χ4v) is 2.92. The van der Waals surface area contributed by atoms with Gasteiger partial charge in [0.25, 0.3) is 0 Å². The lowest BCUT2D eigenvalue weighted by molar-refractivity contribution is -0.149. The molecule has 1 saturated carbocycles. The maximum atomic E-state index is 12.2. The zero-order chi connectivity index (χ0) is 14.4. The predicted molar refractivity (Wildman–Crippen MR) is 78.6 cm³/mol. The second-order valence-corrected chi connectivity index (χ2v) is 6.02. The first kappa shape index (κ1) is 15.0. The van der Waals surface area contributed by atoms with Crippen molar-refractivity contribution in [2.75, 3.05) is 13.2 Å². The van der Waals surface area contributed by atoms with E-state index in [9.17, 15) is 9.59 Å². The first-order valence-electron chi connectivity index (χ1n) is 7.18. The standard InChI is InChI=1S/C15H21NO3S/c1-2-19-15(18)11-16(12-8-9-12)14(17)7-3-5-13-6-4-10-20-13/h4,6,10,12H,2-3,5,7-9,11H2,1H3. The van der Waals surface area contributed by atoms with Crippen molar-refractivity contribution in [3.8, 4) is 0 Å². The summed E-state index contributed by atoms with van der Waals surface area (Å²) in [6, 6.07) is 4.37. The minimum absolute atomic E-state index is 0.0807. The summed E-state index contributed by atoms with van der Waals surface area (Å²) in [5.74, 6) is -0.219. The van der Waals surface area contributed by atoms with E-state index in [0.717, 1.165) is 25.7 Å². The quantitative estimate of drug-likeness (QED) is 0.693. The number of hydrogen-bond acceptors (Lipinski definition) is 4. The van der Waals surface area contributed by atoms with E-state index in [4.69, 9.17) is 4.74 Å². The highest BCUT2D eigenvalue weighted by molar-refractivity contribution is 7.09. The first-order valence-corrected chi connectivity index (χ1v) is 8.06. The van der Waals surface area contributed by atoms with Gasteiger partial charge in [0.1, 0.15) is 6.54 Å². The molecule has 4 nitrogen and oxygen atoms in total. The van der Waals surface area contributed by atoms with E-state index in [-0.39, 0.29) is 24.5 Å². The van der Waals surface area contributed by atoms with Crippen LogP contribution in [-0.4, -0.2) is 36.0 Å². The molecule has 0 saturated heterocycles. The summed E-state index contributed by atoms with van der Waals surface area (Å²) in [6.07, 6.45) is 4.30. The Morgan fingerprint density at radius 2 is 2.25 bits per heavy atom. The van der Waals surface area contributed by atoms with Crippen LogP contribution in [0.4, 0.5) is 0 Å². The van der Waals surface area contributed by atoms with Crippen molar-refractivity contribution in [3.05, 3.63) is 22.4 Å². The third kappa shape index (κ3) is 4.63. The molecule has 0 aromatic carbocycles. The molecule has 0 atom stereocenters. The molecule has 110 valence electrons. The van der Waals surface area contributed by atoms with E-state index in [1.54, 1.807) is 23.2 Å². The Bertz CT molecular complexity index is 440. The molecule has 0 aliphatic heterocycles. The van der Waals surface area contributed by atoms with Crippen molar-refractivity contribution in [1.82, 2.24) is 4.90 Å². The maximum Gasteiger partial charge on any atom is 0.325 e. The van der Waals surface area contributed by atoms with E-state index >= 15 is 0 Å². The number of nitrogens with zero attached hydrogens (tertiary/aromatic N) is 1. The summed E-state index contributed by atoms with van der Waals surface area (Å²) in [5.41, 5.74) is 0. The molecule has 1 amide bonds. The van der Waals surface area contributed by atoms with Gasteiger partial charge in [0.2, 0.25) is 5.91 Å². The minimum atomic E-state index is -0.300. The highest BCUT2D eigenvalue weighted by Gasteiger charge is 2.33. The van der Waals surface area contributed by atoms with Crippen LogP contribution in [0, 0.1) is 0 Å². The Hall–Kier alpha value is -1.36. The Labute approximate surface area is 123 Å². The lowest BCUT2D eigenvalue weighted by atomic mass is 10.2. The molecular formula is C15H21NO3S. The zero-order valence-electron chi connectivity index (χ0n) is 11.8. The molecule has 20 heavy (non-hydrogen) atoms. The first-order chi connectivity index (χ1) is 9.70. The molecule has 0 unspecified atom stereocenters. The molecule has 1 aliphatic rings.